The van der Waals surface area contributed by atoms with Crippen LogP contribution in [0, 0.1) is 26.1 Å². The van der Waals surface area contributed by atoms with Crippen molar-refractivity contribution in [1.82, 2.24) is 0 Å². The van der Waals surface area contributed by atoms with Crippen LogP contribution in [-0.2, 0) is 4.79 Å². The van der Waals surface area contributed by atoms with Crippen molar-refractivity contribution in [2.45, 2.75) is 20.3 Å². The third-order valence-electron chi connectivity index (χ3n) is 2.98. The van der Waals surface area contributed by atoms with Gasteiger partial charge in [0.15, 0.2) is 0 Å². The van der Waals surface area contributed by atoms with Crippen LogP contribution < -0.4 is 5.43 Å². The van der Waals surface area contributed by atoms with Crippen LogP contribution in [0.4, 0.5) is 17.1 Å². The third kappa shape index (κ3) is 3.98. The Morgan fingerprint density at radius 2 is 2.00 bits per heavy atom. The number of anilines is 1. The minimum Gasteiger partial charge on any atom is -0.477 e. The zero-order chi connectivity index (χ0) is 16.9. The molecular formula is C12H14N4O6. The summed E-state index contributed by atoms with van der Waals surface area (Å²) in [6.07, 6.45) is 0.523. The molecule has 0 amide bonds. The van der Waals surface area contributed by atoms with Crippen molar-refractivity contribution < 1.29 is 19.7 Å². The Labute approximate surface area is 124 Å². The summed E-state index contributed by atoms with van der Waals surface area (Å²) in [4.78, 5) is 31.1. The van der Waals surface area contributed by atoms with Crippen LogP contribution in [0.5, 0.6) is 0 Å². The molecule has 0 saturated heterocycles. The molecule has 0 aromatic heterocycles. The van der Waals surface area contributed by atoms with Gasteiger partial charge in [0.1, 0.15) is 11.4 Å². The van der Waals surface area contributed by atoms with Gasteiger partial charge in [-0.05, 0) is 12.5 Å². The molecule has 0 saturated carbocycles. The summed E-state index contributed by atoms with van der Waals surface area (Å²) in [6, 6.07) is 2.95. The topological polar surface area (TPSA) is 148 Å². The Hall–Kier alpha value is -3.04. The molecule has 1 atom stereocenters. The largest absolute Gasteiger partial charge is 0.477 e. The standard InChI is InChI=1S/C12H14N4O6/c1-3-7(2)11(12(17)18)14-13-9-5-4-8(15(19)20)6-10(9)16(21)22/h4-7,13H,3H2,1-2H3,(H,17,18)/b14-11-. The number of non-ortho nitro benzene ring substituents is 1. The maximum atomic E-state index is 11.1. The number of benzene rings is 1. The first-order valence-electron chi connectivity index (χ1n) is 6.27. The highest BCUT2D eigenvalue weighted by Gasteiger charge is 2.21. The lowest BCUT2D eigenvalue weighted by atomic mass is 10.0. The molecule has 1 aromatic carbocycles. The van der Waals surface area contributed by atoms with E-state index < -0.39 is 27.2 Å². The number of carboxylic acid groups (broad SMARTS) is 1. The Morgan fingerprint density at radius 1 is 1.36 bits per heavy atom. The predicted octanol–water partition coefficient (Wildman–Crippen LogP) is 2.40. The van der Waals surface area contributed by atoms with Gasteiger partial charge >= 0.3 is 11.7 Å². The zero-order valence-electron chi connectivity index (χ0n) is 11.8. The second kappa shape index (κ2) is 7.11. The minimum absolute atomic E-state index is 0.127. The van der Waals surface area contributed by atoms with E-state index in [1.54, 1.807) is 13.8 Å². The normalized spacial score (nSPS) is 12.5. The molecule has 1 rings (SSSR count). The first kappa shape index (κ1) is 17.0. The van der Waals surface area contributed by atoms with Crippen LogP contribution in [0.15, 0.2) is 23.3 Å². The molecule has 0 bridgehead atoms. The van der Waals surface area contributed by atoms with E-state index in [1.165, 1.54) is 0 Å². The third-order valence-corrected chi connectivity index (χ3v) is 2.98. The molecule has 0 heterocycles. The number of nitro groups is 2. The molecule has 10 nitrogen and oxygen atoms in total. The predicted molar refractivity (Wildman–Crippen MR) is 77.9 cm³/mol. The molecule has 0 radical (unpaired) electrons. The average Bonchev–Trinajstić information content (AvgIpc) is 2.46. The fourth-order valence-corrected chi connectivity index (χ4v) is 1.56. The number of hydrogen-bond donors (Lipinski definition) is 2. The van der Waals surface area contributed by atoms with Crippen LogP contribution in [0.1, 0.15) is 20.3 Å². The quantitative estimate of drug-likeness (QED) is 0.446. The van der Waals surface area contributed by atoms with Crippen molar-refractivity contribution in [1.29, 1.82) is 0 Å². The smallest absolute Gasteiger partial charge is 0.352 e. The molecule has 118 valence electrons. The maximum absolute atomic E-state index is 11.1. The molecule has 22 heavy (non-hydrogen) atoms. The molecule has 0 aliphatic rings. The second-order valence-corrected chi connectivity index (χ2v) is 4.44. The van der Waals surface area contributed by atoms with Gasteiger partial charge in [-0.3, -0.25) is 25.7 Å². The highest BCUT2D eigenvalue weighted by molar-refractivity contribution is 6.36. The number of hydrazone groups is 1. The molecule has 1 aromatic rings. The molecule has 0 spiro atoms. The minimum atomic E-state index is -1.24. The van der Waals surface area contributed by atoms with E-state index >= 15 is 0 Å². The van der Waals surface area contributed by atoms with Crippen molar-refractivity contribution in [3.8, 4) is 0 Å². The van der Waals surface area contributed by atoms with Gasteiger partial charge < -0.3 is 5.11 Å². The average molecular weight is 310 g/mol. The zero-order valence-corrected chi connectivity index (χ0v) is 11.8. The lowest BCUT2D eigenvalue weighted by Gasteiger charge is -2.09. The van der Waals surface area contributed by atoms with Crippen molar-refractivity contribution >= 4 is 28.7 Å². The number of hydrogen-bond acceptors (Lipinski definition) is 7. The van der Waals surface area contributed by atoms with Gasteiger partial charge in [0.2, 0.25) is 0 Å². The van der Waals surface area contributed by atoms with Gasteiger partial charge in [0.05, 0.1) is 15.9 Å². The van der Waals surface area contributed by atoms with Crippen LogP contribution in [0.2, 0.25) is 0 Å². The second-order valence-electron chi connectivity index (χ2n) is 4.44. The number of nitrogens with one attached hydrogen (secondary N) is 1. The summed E-state index contributed by atoms with van der Waals surface area (Å²) in [5, 5.41) is 34.3. The summed E-state index contributed by atoms with van der Waals surface area (Å²) in [6.45, 7) is 3.43. The Balaban J connectivity index is 3.19. The Bertz CT molecular complexity index is 643. The van der Waals surface area contributed by atoms with Gasteiger partial charge in [-0.15, -0.1) is 0 Å². The number of nitrogens with zero attached hydrogens (tertiary/aromatic N) is 3. The number of aliphatic carboxylic acids is 1. The lowest BCUT2D eigenvalue weighted by molar-refractivity contribution is -0.393. The van der Waals surface area contributed by atoms with Crippen LogP contribution in [-0.4, -0.2) is 26.6 Å². The van der Waals surface area contributed by atoms with Gasteiger partial charge in [-0.1, -0.05) is 13.8 Å². The Morgan fingerprint density at radius 3 is 2.45 bits per heavy atom. The molecular weight excluding hydrogens is 296 g/mol. The number of carbonyl (C=O) groups is 1. The van der Waals surface area contributed by atoms with Crippen molar-refractivity contribution in [3.05, 3.63) is 38.4 Å². The number of nitro benzene ring substituents is 2. The van der Waals surface area contributed by atoms with E-state index in [0.717, 1.165) is 18.2 Å². The number of rotatable bonds is 7. The fourth-order valence-electron chi connectivity index (χ4n) is 1.56. The van der Waals surface area contributed by atoms with Crippen LogP contribution in [0.3, 0.4) is 0 Å². The fraction of sp³-hybridized carbons (Fsp3) is 0.333. The molecule has 0 aliphatic heterocycles. The van der Waals surface area contributed by atoms with E-state index in [9.17, 15) is 25.0 Å². The Kier molecular flexibility index (Phi) is 5.50. The van der Waals surface area contributed by atoms with E-state index in [4.69, 9.17) is 5.11 Å². The van der Waals surface area contributed by atoms with E-state index in [-0.39, 0.29) is 17.3 Å². The molecule has 1 unspecified atom stereocenters. The summed E-state index contributed by atoms with van der Waals surface area (Å²) >= 11 is 0. The van der Waals surface area contributed by atoms with E-state index in [0.29, 0.717) is 6.42 Å². The van der Waals surface area contributed by atoms with Crippen molar-refractivity contribution in [2.75, 3.05) is 5.43 Å². The molecule has 2 N–H and O–H groups in total. The van der Waals surface area contributed by atoms with E-state index in [2.05, 4.69) is 10.5 Å². The SMILES string of the molecule is CCC(C)/C(=N/Nc1ccc([N+](=O)[O-])cc1[N+](=O)[O-])C(=O)O. The van der Waals surface area contributed by atoms with Crippen molar-refractivity contribution in [2.24, 2.45) is 11.0 Å². The molecule has 0 fully saturated rings. The highest BCUT2D eigenvalue weighted by atomic mass is 16.6. The first-order chi connectivity index (χ1) is 10.3. The summed E-state index contributed by atoms with van der Waals surface area (Å²) < 4.78 is 0. The molecule has 10 heteroatoms. The highest BCUT2D eigenvalue weighted by Crippen LogP contribution is 2.29. The van der Waals surface area contributed by atoms with Gasteiger partial charge in [0.25, 0.3) is 5.69 Å². The van der Waals surface area contributed by atoms with Crippen LogP contribution in [0.25, 0.3) is 0 Å². The molecule has 0 aliphatic carbocycles. The van der Waals surface area contributed by atoms with Crippen molar-refractivity contribution in [3.63, 3.8) is 0 Å². The summed E-state index contributed by atoms with van der Waals surface area (Å²) in [5.41, 5.74) is 0.982. The van der Waals surface area contributed by atoms with Gasteiger partial charge in [0, 0.05) is 12.0 Å². The summed E-state index contributed by atoms with van der Waals surface area (Å²) in [7, 11) is 0. The maximum Gasteiger partial charge on any atom is 0.352 e. The van der Waals surface area contributed by atoms with Crippen LogP contribution >= 0.6 is 0 Å². The number of carboxylic acids is 1. The van der Waals surface area contributed by atoms with Gasteiger partial charge in [-0.2, -0.15) is 5.10 Å². The lowest BCUT2D eigenvalue weighted by Crippen LogP contribution is -2.22. The first-order valence-corrected chi connectivity index (χ1v) is 6.27. The monoisotopic (exact) mass is 310 g/mol. The van der Waals surface area contributed by atoms with Gasteiger partial charge in [-0.25, -0.2) is 4.79 Å². The summed E-state index contributed by atoms with van der Waals surface area (Å²) in [5.74, 6) is -1.60. The van der Waals surface area contributed by atoms with E-state index in [1.807, 2.05) is 0 Å².